The summed E-state index contributed by atoms with van der Waals surface area (Å²) < 4.78 is 5.46. The van der Waals surface area contributed by atoms with E-state index in [0.29, 0.717) is 17.9 Å². The molecule has 1 N–H and O–H groups in total. The maximum atomic E-state index is 10.7. The number of ether oxygens (including phenoxy) is 1. The molecule has 2 rings (SSSR count). The van der Waals surface area contributed by atoms with Crippen LogP contribution in [-0.4, -0.2) is 21.9 Å². The number of hydrogen-bond acceptors (Lipinski definition) is 6. The third-order valence-electron chi connectivity index (χ3n) is 2.64. The number of nitrogens with one attached hydrogen (secondary N) is 1. The van der Waals surface area contributed by atoms with Crippen LogP contribution in [0.15, 0.2) is 30.6 Å². The van der Waals surface area contributed by atoms with Gasteiger partial charge in [-0.2, -0.15) is 0 Å². The van der Waals surface area contributed by atoms with E-state index in [4.69, 9.17) is 4.74 Å². The molecule has 7 nitrogen and oxygen atoms in total. The van der Waals surface area contributed by atoms with Gasteiger partial charge in [0.1, 0.15) is 5.75 Å². The summed E-state index contributed by atoms with van der Waals surface area (Å²) in [4.78, 5) is 18.4. The topological polar surface area (TPSA) is 90.2 Å². The minimum Gasteiger partial charge on any atom is -0.424 e. The Kier molecular flexibility index (Phi) is 4.21. The second kappa shape index (κ2) is 6.07. The van der Waals surface area contributed by atoms with Gasteiger partial charge in [0.15, 0.2) is 0 Å². The fourth-order valence-electron chi connectivity index (χ4n) is 1.69. The standard InChI is InChI=1S/C13H14N4O3/c1-9-5-11(3-4-12(9)17(18)19)20-13-15-7-10(6-14-2)8-16-13/h3-5,7-8,14H,6H2,1-2H3. The van der Waals surface area contributed by atoms with Crippen molar-refractivity contribution in [2.45, 2.75) is 13.5 Å². The summed E-state index contributed by atoms with van der Waals surface area (Å²) in [7, 11) is 1.84. The summed E-state index contributed by atoms with van der Waals surface area (Å²) in [6.07, 6.45) is 3.33. The molecule has 1 aromatic carbocycles. The monoisotopic (exact) mass is 274 g/mol. The molecule has 0 radical (unpaired) electrons. The molecule has 2 aromatic rings. The van der Waals surface area contributed by atoms with Crippen LogP contribution in [-0.2, 0) is 6.54 Å². The van der Waals surface area contributed by atoms with Crippen LogP contribution >= 0.6 is 0 Å². The van der Waals surface area contributed by atoms with Crippen molar-refractivity contribution in [3.8, 4) is 11.8 Å². The van der Waals surface area contributed by atoms with Gasteiger partial charge in [0.2, 0.25) is 0 Å². The van der Waals surface area contributed by atoms with E-state index in [2.05, 4.69) is 15.3 Å². The van der Waals surface area contributed by atoms with Crippen molar-refractivity contribution in [1.29, 1.82) is 0 Å². The third kappa shape index (κ3) is 3.27. The van der Waals surface area contributed by atoms with Crippen molar-refractivity contribution >= 4 is 5.69 Å². The predicted octanol–water partition coefficient (Wildman–Crippen LogP) is 2.20. The first-order valence-electron chi connectivity index (χ1n) is 5.98. The van der Waals surface area contributed by atoms with E-state index in [9.17, 15) is 10.1 Å². The molecule has 0 aliphatic rings. The average Bonchev–Trinajstić information content (AvgIpc) is 2.41. The molecule has 0 fully saturated rings. The summed E-state index contributed by atoms with van der Waals surface area (Å²) in [5, 5.41) is 13.7. The molecule has 1 heterocycles. The number of rotatable bonds is 5. The van der Waals surface area contributed by atoms with Crippen molar-refractivity contribution in [1.82, 2.24) is 15.3 Å². The van der Waals surface area contributed by atoms with Gasteiger partial charge in [-0.05, 0) is 26.1 Å². The first-order valence-corrected chi connectivity index (χ1v) is 5.98. The maximum Gasteiger partial charge on any atom is 0.321 e. The Balaban J connectivity index is 2.13. The van der Waals surface area contributed by atoms with Crippen molar-refractivity contribution < 1.29 is 9.66 Å². The van der Waals surface area contributed by atoms with Gasteiger partial charge in [0.25, 0.3) is 5.69 Å². The molecule has 20 heavy (non-hydrogen) atoms. The third-order valence-corrected chi connectivity index (χ3v) is 2.64. The Labute approximate surface area is 115 Å². The van der Waals surface area contributed by atoms with Gasteiger partial charge in [-0.3, -0.25) is 10.1 Å². The molecule has 0 spiro atoms. The fraction of sp³-hybridized carbons (Fsp3) is 0.231. The van der Waals surface area contributed by atoms with Gasteiger partial charge >= 0.3 is 6.01 Å². The molecule has 104 valence electrons. The Bertz CT molecular complexity index is 614. The smallest absolute Gasteiger partial charge is 0.321 e. The SMILES string of the molecule is CNCc1cnc(Oc2ccc([N+](=O)[O-])c(C)c2)nc1. The summed E-state index contributed by atoms with van der Waals surface area (Å²) in [6.45, 7) is 2.33. The molecule has 0 saturated carbocycles. The van der Waals surface area contributed by atoms with Crippen molar-refractivity contribution in [3.05, 3.63) is 51.8 Å². The van der Waals surface area contributed by atoms with Gasteiger partial charge < -0.3 is 10.1 Å². The van der Waals surface area contributed by atoms with E-state index in [1.165, 1.54) is 12.1 Å². The molecule has 0 bridgehead atoms. The normalized spacial score (nSPS) is 10.3. The van der Waals surface area contributed by atoms with Crippen LogP contribution in [0.2, 0.25) is 0 Å². The van der Waals surface area contributed by atoms with Gasteiger partial charge in [0, 0.05) is 36.1 Å². The summed E-state index contributed by atoms with van der Waals surface area (Å²) in [5.74, 6) is 0.467. The summed E-state index contributed by atoms with van der Waals surface area (Å²) >= 11 is 0. The van der Waals surface area contributed by atoms with Crippen LogP contribution in [0.4, 0.5) is 5.69 Å². The predicted molar refractivity (Wildman–Crippen MR) is 72.7 cm³/mol. The number of nitro groups is 1. The summed E-state index contributed by atoms with van der Waals surface area (Å²) in [6, 6.07) is 4.72. The molecule has 0 aliphatic heterocycles. The maximum absolute atomic E-state index is 10.7. The van der Waals surface area contributed by atoms with Gasteiger partial charge in [-0.1, -0.05) is 0 Å². The van der Waals surface area contributed by atoms with E-state index < -0.39 is 4.92 Å². The molecule has 0 saturated heterocycles. The highest BCUT2D eigenvalue weighted by molar-refractivity contribution is 5.44. The Morgan fingerprint density at radius 2 is 2.05 bits per heavy atom. The Morgan fingerprint density at radius 3 is 2.60 bits per heavy atom. The van der Waals surface area contributed by atoms with E-state index in [1.807, 2.05) is 7.05 Å². The molecule has 1 aromatic heterocycles. The fourth-order valence-corrected chi connectivity index (χ4v) is 1.69. The summed E-state index contributed by atoms with van der Waals surface area (Å²) in [5.41, 5.74) is 1.53. The van der Waals surface area contributed by atoms with Gasteiger partial charge in [0.05, 0.1) is 4.92 Å². The quantitative estimate of drug-likeness (QED) is 0.664. The first kappa shape index (κ1) is 13.9. The van der Waals surface area contributed by atoms with E-state index in [-0.39, 0.29) is 11.7 Å². The lowest BCUT2D eigenvalue weighted by Gasteiger charge is -2.05. The number of nitrogens with zero attached hydrogens (tertiary/aromatic N) is 3. The van der Waals surface area contributed by atoms with Gasteiger partial charge in [-0.15, -0.1) is 0 Å². The van der Waals surface area contributed by atoms with Gasteiger partial charge in [-0.25, -0.2) is 9.97 Å². The number of aryl methyl sites for hydroxylation is 1. The number of nitro benzene ring substituents is 1. The number of hydrogen-bond donors (Lipinski definition) is 1. The lowest BCUT2D eigenvalue weighted by atomic mass is 10.2. The van der Waals surface area contributed by atoms with E-state index >= 15 is 0 Å². The molecule has 0 unspecified atom stereocenters. The Hall–Kier alpha value is -2.54. The van der Waals surface area contributed by atoms with Crippen LogP contribution in [0.5, 0.6) is 11.8 Å². The number of benzene rings is 1. The molecule has 0 atom stereocenters. The zero-order valence-corrected chi connectivity index (χ0v) is 11.2. The zero-order valence-electron chi connectivity index (χ0n) is 11.2. The molecule has 0 amide bonds. The van der Waals surface area contributed by atoms with E-state index in [0.717, 1.165) is 5.56 Å². The minimum atomic E-state index is -0.428. The van der Waals surface area contributed by atoms with Crippen LogP contribution in [0, 0.1) is 17.0 Å². The average molecular weight is 274 g/mol. The van der Waals surface area contributed by atoms with Crippen LogP contribution < -0.4 is 10.1 Å². The second-order valence-electron chi connectivity index (χ2n) is 4.21. The lowest BCUT2D eigenvalue weighted by Crippen LogP contribution is -2.06. The zero-order chi connectivity index (χ0) is 14.5. The second-order valence-corrected chi connectivity index (χ2v) is 4.21. The lowest BCUT2D eigenvalue weighted by molar-refractivity contribution is -0.385. The highest BCUT2D eigenvalue weighted by atomic mass is 16.6. The van der Waals surface area contributed by atoms with Crippen molar-refractivity contribution in [2.24, 2.45) is 0 Å². The molecule has 0 aliphatic carbocycles. The highest BCUT2D eigenvalue weighted by Gasteiger charge is 2.11. The van der Waals surface area contributed by atoms with Crippen molar-refractivity contribution in [2.75, 3.05) is 7.05 Å². The molecular weight excluding hydrogens is 260 g/mol. The van der Waals surface area contributed by atoms with Crippen LogP contribution in [0.3, 0.4) is 0 Å². The van der Waals surface area contributed by atoms with E-state index in [1.54, 1.807) is 25.4 Å². The van der Waals surface area contributed by atoms with Crippen LogP contribution in [0.25, 0.3) is 0 Å². The molecular formula is C13H14N4O3. The van der Waals surface area contributed by atoms with Crippen LogP contribution in [0.1, 0.15) is 11.1 Å². The highest BCUT2D eigenvalue weighted by Crippen LogP contribution is 2.25. The number of aromatic nitrogens is 2. The largest absolute Gasteiger partial charge is 0.424 e. The minimum absolute atomic E-state index is 0.0580. The first-order chi connectivity index (χ1) is 9.60. The molecule has 7 heteroatoms. The van der Waals surface area contributed by atoms with Crippen molar-refractivity contribution in [3.63, 3.8) is 0 Å². The Morgan fingerprint density at radius 1 is 1.35 bits per heavy atom.